The van der Waals surface area contributed by atoms with Gasteiger partial charge in [-0.3, -0.25) is 14.4 Å². The molecule has 6 nitrogen and oxygen atoms in total. The van der Waals surface area contributed by atoms with Crippen molar-refractivity contribution in [2.45, 2.75) is 17.1 Å². The zero-order valence-electron chi connectivity index (χ0n) is 24.4. The van der Waals surface area contributed by atoms with E-state index in [1.165, 1.54) is 11.8 Å². The van der Waals surface area contributed by atoms with Crippen LogP contribution in [0.1, 0.15) is 22.8 Å². The summed E-state index contributed by atoms with van der Waals surface area (Å²) in [6.45, 7) is 1.85. The van der Waals surface area contributed by atoms with E-state index in [1.807, 2.05) is 104 Å². The van der Waals surface area contributed by atoms with E-state index >= 15 is 0 Å². The molecule has 3 N–H and O–H groups in total. The monoisotopic (exact) mass is 723 g/mol. The lowest BCUT2D eigenvalue weighted by atomic mass is 10.0. The van der Waals surface area contributed by atoms with Crippen molar-refractivity contribution < 1.29 is 14.4 Å². The fraction of sp³-hybridized carbons (Fsp3) is 0.0541. The van der Waals surface area contributed by atoms with Gasteiger partial charge in [-0.25, -0.2) is 0 Å². The lowest BCUT2D eigenvalue weighted by molar-refractivity contribution is -0.115. The summed E-state index contributed by atoms with van der Waals surface area (Å²) in [6, 6.07) is 41.4. The molecule has 5 rings (SSSR count). The number of carbonyl (C=O) groups excluding carboxylic acids is 3. The van der Waals surface area contributed by atoms with Gasteiger partial charge in [0.25, 0.3) is 11.8 Å². The second-order valence-corrected chi connectivity index (χ2v) is 12.8. The van der Waals surface area contributed by atoms with Gasteiger partial charge in [0.2, 0.25) is 5.91 Å². The highest BCUT2D eigenvalue weighted by atomic mass is 127. The molecule has 0 fully saturated rings. The van der Waals surface area contributed by atoms with E-state index in [1.54, 1.807) is 42.5 Å². The second-order valence-electron chi connectivity index (χ2n) is 10.1. The number of halogens is 1. The fourth-order valence-corrected chi connectivity index (χ4v) is 5.59. The van der Waals surface area contributed by atoms with Crippen LogP contribution in [0, 0.1) is 3.57 Å². The van der Waals surface area contributed by atoms with Gasteiger partial charge < -0.3 is 16.0 Å². The molecule has 0 aliphatic rings. The van der Waals surface area contributed by atoms with Crippen molar-refractivity contribution >= 4 is 69.5 Å². The maximum Gasteiger partial charge on any atom is 0.272 e. The fourth-order valence-electron chi connectivity index (χ4n) is 4.36. The summed E-state index contributed by atoms with van der Waals surface area (Å²) in [7, 11) is 0. The predicted molar refractivity (Wildman–Crippen MR) is 192 cm³/mol. The molecule has 224 valence electrons. The number of carbonyl (C=O) groups is 3. The van der Waals surface area contributed by atoms with Crippen LogP contribution in [0.3, 0.4) is 0 Å². The summed E-state index contributed by atoms with van der Waals surface area (Å²) in [5, 5.41) is 8.27. The Kier molecular flexibility index (Phi) is 10.8. The van der Waals surface area contributed by atoms with Crippen molar-refractivity contribution in [1.82, 2.24) is 5.32 Å². The number of rotatable bonds is 10. The molecule has 0 saturated carbocycles. The maximum atomic E-state index is 13.5. The van der Waals surface area contributed by atoms with Crippen LogP contribution in [0.15, 0.2) is 144 Å². The van der Waals surface area contributed by atoms with Crippen LogP contribution < -0.4 is 16.0 Å². The quantitative estimate of drug-likeness (QED) is 0.0767. The Labute approximate surface area is 280 Å². The summed E-state index contributed by atoms with van der Waals surface area (Å²) >= 11 is 3.64. The van der Waals surface area contributed by atoms with Crippen molar-refractivity contribution in [2.75, 3.05) is 10.6 Å². The largest absolute Gasteiger partial charge is 0.325 e. The number of anilines is 2. The molecule has 0 saturated heterocycles. The van der Waals surface area contributed by atoms with Crippen LogP contribution in [0.5, 0.6) is 0 Å². The number of benzene rings is 5. The van der Waals surface area contributed by atoms with Gasteiger partial charge in [0.05, 0.1) is 5.25 Å². The van der Waals surface area contributed by atoms with E-state index in [-0.39, 0.29) is 22.8 Å². The van der Waals surface area contributed by atoms with Crippen molar-refractivity contribution in [3.8, 4) is 11.1 Å². The zero-order chi connectivity index (χ0) is 31.6. The Morgan fingerprint density at radius 1 is 0.667 bits per heavy atom. The average molecular weight is 724 g/mol. The Morgan fingerprint density at radius 2 is 1.22 bits per heavy atom. The summed E-state index contributed by atoms with van der Waals surface area (Å²) in [6.07, 6.45) is 1.66. The van der Waals surface area contributed by atoms with Gasteiger partial charge in [-0.05, 0) is 113 Å². The molecule has 3 amide bonds. The standard InChI is InChI=1S/C37H30IN3O3S/c1-25(35(42)39-31-18-16-30(38)17-19-31)45-33-22-20-32(21-23-33)40-37(44)34(41-36(43)29-10-6-3-7-11-29)24-26-12-14-28(15-13-26)27-8-4-2-5-9-27/h2-25H,1H3,(H,39,42)(H,40,44)(H,41,43)/b34-24-. The van der Waals surface area contributed by atoms with Gasteiger partial charge in [-0.15, -0.1) is 11.8 Å². The first-order valence-electron chi connectivity index (χ1n) is 14.2. The van der Waals surface area contributed by atoms with Crippen molar-refractivity contribution in [2.24, 2.45) is 0 Å². The molecule has 0 aromatic heterocycles. The number of nitrogens with one attached hydrogen (secondary N) is 3. The molecule has 5 aromatic carbocycles. The van der Waals surface area contributed by atoms with Gasteiger partial charge >= 0.3 is 0 Å². The third-order valence-corrected chi connectivity index (χ3v) is 8.59. The SMILES string of the molecule is CC(Sc1ccc(NC(=O)/C(=C/c2ccc(-c3ccccc3)cc2)NC(=O)c2ccccc2)cc1)C(=O)Nc1ccc(I)cc1. The average Bonchev–Trinajstić information content (AvgIpc) is 3.07. The highest BCUT2D eigenvalue weighted by Gasteiger charge is 2.17. The normalized spacial score (nSPS) is 11.7. The third kappa shape index (κ3) is 9.17. The first-order chi connectivity index (χ1) is 21.8. The van der Waals surface area contributed by atoms with E-state index < -0.39 is 5.91 Å². The number of amides is 3. The van der Waals surface area contributed by atoms with Crippen molar-refractivity contribution in [3.63, 3.8) is 0 Å². The maximum absolute atomic E-state index is 13.5. The minimum atomic E-state index is -0.461. The molecule has 0 spiro atoms. The van der Waals surface area contributed by atoms with Crippen LogP contribution in [-0.4, -0.2) is 23.0 Å². The number of hydrogen-bond acceptors (Lipinski definition) is 4. The molecule has 0 bridgehead atoms. The smallest absolute Gasteiger partial charge is 0.272 e. The molecule has 0 aliphatic carbocycles. The second kappa shape index (κ2) is 15.4. The molecule has 0 aliphatic heterocycles. The van der Waals surface area contributed by atoms with E-state index in [0.29, 0.717) is 11.3 Å². The van der Waals surface area contributed by atoms with Crippen molar-refractivity contribution in [3.05, 3.63) is 154 Å². The number of thioether (sulfide) groups is 1. The highest BCUT2D eigenvalue weighted by Crippen LogP contribution is 2.26. The van der Waals surface area contributed by atoms with Crippen LogP contribution in [0.4, 0.5) is 11.4 Å². The molecule has 1 unspecified atom stereocenters. The predicted octanol–water partition coefficient (Wildman–Crippen LogP) is 8.49. The van der Waals surface area contributed by atoms with Gasteiger partial charge in [-0.2, -0.15) is 0 Å². The molecule has 45 heavy (non-hydrogen) atoms. The van der Waals surface area contributed by atoms with Gasteiger partial charge in [0.15, 0.2) is 0 Å². The summed E-state index contributed by atoms with van der Waals surface area (Å²) in [5.74, 6) is -0.946. The van der Waals surface area contributed by atoms with E-state index in [4.69, 9.17) is 0 Å². The summed E-state index contributed by atoms with van der Waals surface area (Å²) in [5.41, 5.74) is 4.75. The minimum Gasteiger partial charge on any atom is -0.325 e. The molecule has 5 aromatic rings. The first kappa shape index (κ1) is 31.7. The highest BCUT2D eigenvalue weighted by molar-refractivity contribution is 14.1. The lowest BCUT2D eigenvalue weighted by Gasteiger charge is -2.14. The van der Waals surface area contributed by atoms with Gasteiger partial charge in [0, 0.05) is 25.4 Å². The Hall–Kier alpha value is -4.67. The van der Waals surface area contributed by atoms with Crippen LogP contribution >= 0.6 is 34.4 Å². The first-order valence-corrected chi connectivity index (χ1v) is 16.2. The third-order valence-electron chi connectivity index (χ3n) is 6.76. The van der Waals surface area contributed by atoms with Gasteiger partial charge in [0.1, 0.15) is 5.70 Å². The summed E-state index contributed by atoms with van der Waals surface area (Å²) < 4.78 is 1.10. The molecule has 8 heteroatoms. The molecule has 0 heterocycles. The van der Waals surface area contributed by atoms with Crippen molar-refractivity contribution in [1.29, 1.82) is 0 Å². The Bertz CT molecular complexity index is 1790. The van der Waals surface area contributed by atoms with E-state index in [9.17, 15) is 14.4 Å². The number of hydrogen-bond donors (Lipinski definition) is 3. The molecule has 0 radical (unpaired) electrons. The molecular formula is C37H30IN3O3S. The Balaban J connectivity index is 1.27. The lowest BCUT2D eigenvalue weighted by Crippen LogP contribution is -2.30. The topological polar surface area (TPSA) is 87.3 Å². The van der Waals surface area contributed by atoms with Crippen LogP contribution in [-0.2, 0) is 9.59 Å². The molecular weight excluding hydrogens is 693 g/mol. The van der Waals surface area contributed by atoms with Crippen LogP contribution in [0.2, 0.25) is 0 Å². The van der Waals surface area contributed by atoms with E-state index in [2.05, 4.69) is 38.5 Å². The van der Waals surface area contributed by atoms with E-state index in [0.717, 1.165) is 30.8 Å². The zero-order valence-corrected chi connectivity index (χ0v) is 27.3. The molecule has 1 atom stereocenters. The van der Waals surface area contributed by atoms with Gasteiger partial charge in [-0.1, -0.05) is 72.8 Å². The van der Waals surface area contributed by atoms with Crippen LogP contribution in [0.25, 0.3) is 17.2 Å². The minimum absolute atomic E-state index is 0.0978. The summed E-state index contributed by atoms with van der Waals surface area (Å²) in [4.78, 5) is 40.0. The Morgan fingerprint density at radius 3 is 1.87 bits per heavy atom.